The summed E-state index contributed by atoms with van der Waals surface area (Å²) in [5, 5.41) is 11.3. The Balaban J connectivity index is 2.55. The van der Waals surface area contributed by atoms with Crippen LogP contribution in [0.3, 0.4) is 0 Å². The smallest absolute Gasteiger partial charge is 0.303 e. The number of rotatable bonds is 7. The van der Waals surface area contributed by atoms with Gasteiger partial charge in [0.2, 0.25) is 5.91 Å². The number of amides is 1. The molecule has 0 aliphatic heterocycles. The van der Waals surface area contributed by atoms with Crippen LogP contribution in [0, 0.1) is 6.92 Å². The summed E-state index contributed by atoms with van der Waals surface area (Å²) >= 11 is 0. The normalized spacial score (nSPS) is 10.4. The molecule has 0 aromatic heterocycles. The first-order valence-corrected chi connectivity index (χ1v) is 6.67. The molecule has 1 aromatic rings. The lowest BCUT2D eigenvalue weighted by atomic mass is 10.1. The van der Waals surface area contributed by atoms with E-state index in [0.29, 0.717) is 6.42 Å². The molecule has 1 rings (SSSR count). The topological polar surface area (TPSA) is 75.6 Å². The molecule has 0 radical (unpaired) electrons. The van der Waals surface area contributed by atoms with Crippen molar-refractivity contribution < 1.29 is 19.4 Å². The first-order chi connectivity index (χ1) is 9.38. The molecule has 0 aliphatic rings. The van der Waals surface area contributed by atoms with Gasteiger partial charge in [0.05, 0.1) is 6.10 Å². The lowest BCUT2D eigenvalue weighted by molar-refractivity contribution is -0.137. The van der Waals surface area contributed by atoms with E-state index in [4.69, 9.17) is 9.84 Å². The average Bonchev–Trinajstić information content (AvgIpc) is 2.31. The van der Waals surface area contributed by atoms with Gasteiger partial charge >= 0.3 is 5.97 Å². The highest BCUT2D eigenvalue weighted by atomic mass is 16.5. The maximum absolute atomic E-state index is 11.7. The summed E-state index contributed by atoms with van der Waals surface area (Å²) in [5.41, 5.74) is 1.64. The average molecular weight is 279 g/mol. The maximum Gasteiger partial charge on any atom is 0.303 e. The van der Waals surface area contributed by atoms with E-state index in [1.165, 1.54) is 0 Å². The Bertz CT molecular complexity index is 483. The van der Waals surface area contributed by atoms with E-state index in [1.54, 1.807) is 12.1 Å². The fourth-order valence-electron chi connectivity index (χ4n) is 1.73. The third-order valence-electron chi connectivity index (χ3n) is 2.64. The van der Waals surface area contributed by atoms with Gasteiger partial charge in [-0.2, -0.15) is 0 Å². The van der Waals surface area contributed by atoms with Crippen LogP contribution in [0.15, 0.2) is 18.2 Å². The molecular formula is C15H21NO4. The second-order valence-electron chi connectivity index (χ2n) is 4.94. The van der Waals surface area contributed by atoms with Gasteiger partial charge < -0.3 is 15.2 Å². The third kappa shape index (κ3) is 5.73. The molecule has 20 heavy (non-hydrogen) atoms. The highest BCUT2D eigenvalue weighted by Gasteiger charge is 2.07. The molecule has 0 saturated heterocycles. The number of hydrogen-bond acceptors (Lipinski definition) is 3. The molecule has 1 amide bonds. The molecule has 0 aliphatic carbocycles. The Morgan fingerprint density at radius 1 is 1.30 bits per heavy atom. The number of hydrogen-bond donors (Lipinski definition) is 2. The summed E-state index contributed by atoms with van der Waals surface area (Å²) in [5.74, 6) is -0.294. The van der Waals surface area contributed by atoms with Crippen molar-refractivity contribution in [3.8, 4) is 5.75 Å². The van der Waals surface area contributed by atoms with E-state index in [1.807, 2.05) is 26.8 Å². The predicted octanol–water partition coefficient (Wildman–Crippen LogP) is 2.98. The van der Waals surface area contributed by atoms with E-state index >= 15 is 0 Å². The minimum atomic E-state index is -0.885. The van der Waals surface area contributed by atoms with Crippen LogP contribution in [0.1, 0.15) is 38.7 Å². The second-order valence-corrected chi connectivity index (χ2v) is 4.94. The van der Waals surface area contributed by atoms with Crippen molar-refractivity contribution in [2.75, 3.05) is 5.32 Å². The molecule has 110 valence electrons. The van der Waals surface area contributed by atoms with Gasteiger partial charge in [0.15, 0.2) is 0 Å². The van der Waals surface area contributed by atoms with Crippen LogP contribution in [0.4, 0.5) is 5.69 Å². The molecule has 1 aromatic carbocycles. The molecule has 0 fully saturated rings. The van der Waals surface area contributed by atoms with Crippen LogP contribution in [0.25, 0.3) is 0 Å². The molecule has 2 N–H and O–H groups in total. The lowest BCUT2D eigenvalue weighted by Gasteiger charge is -2.13. The standard InChI is InChI=1S/C15H21NO4/c1-10(2)20-12-7-8-13(11(3)9-12)16-14(17)5-4-6-15(18)19/h7-10H,4-6H2,1-3H3,(H,16,17)(H,18,19). The summed E-state index contributed by atoms with van der Waals surface area (Å²) in [4.78, 5) is 22.0. The van der Waals surface area contributed by atoms with E-state index in [2.05, 4.69) is 5.32 Å². The van der Waals surface area contributed by atoms with Crippen LogP contribution in [0.2, 0.25) is 0 Å². The molecule has 0 saturated carbocycles. The van der Waals surface area contributed by atoms with E-state index in [-0.39, 0.29) is 24.9 Å². The number of carbonyl (C=O) groups excluding carboxylic acids is 1. The molecule has 5 nitrogen and oxygen atoms in total. The van der Waals surface area contributed by atoms with Crippen molar-refractivity contribution >= 4 is 17.6 Å². The highest BCUT2D eigenvalue weighted by Crippen LogP contribution is 2.22. The fraction of sp³-hybridized carbons (Fsp3) is 0.467. The zero-order valence-corrected chi connectivity index (χ0v) is 12.1. The quantitative estimate of drug-likeness (QED) is 0.804. The summed E-state index contributed by atoms with van der Waals surface area (Å²) in [6, 6.07) is 5.47. The fourth-order valence-corrected chi connectivity index (χ4v) is 1.73. The minimum Gasteiger partial charge on any atom is -0.491 e. The van der Waals surface area contributed by atoms with Crippen LogP contribution < -0.4 is 10.1 Å². The largest absolute Gasteiger partial charge is 0.491 e. The Labute approximate surface area is 118 Å². The summed E-state index contributed by atoms with van der Waals surface area (Å²) in [7, 11) is 0. The number of anilines is 1. The van der Waals surface area contributed by atoms with Crippen molar-refractivity contribution in [1.82, 2.24) is 0 Å². The van der Waals surface area contributed by atoms with Gasteiger partial charge in [0.25, 0.3) is 0 Å². The SMILES string of the molecule is Cc1cc(OC(C)C)ccc1NC(=O)CCCC(=O)O. The van der Waals surface area contributed by atoms with Crippen molar-refractivity contribution in [2.45, 2.75) is 46.1 Å². The molecule has 0 spiro atoms. The van der Waals surface area contributed by atoms with Gasteiger partial charge in [0.1, 0.15) is 5.75 Å². The number of carboxylic acid groups (broad SMARTS) is 1. The number of aryl methyl sites for hydroxylation is 1. The van der Waals surface area contributed by atoms with Gasteiger partial charge in [-0.15, -0.1) is 0 Å². The predicted molar refractivity (Wildman–Crippen MR) is 77.1 cm³/mol. The number of nitrogens with one attached hydrogen (secondary N) is 1. The number of aliphatic carboxylic acids is 1. The minimum absolute atomic E-state index is 0.00751. The summed E-state index contributed by atoms with van der Waals surface area (Å²) in [6.45, 7) is 5.79. The van der Waals surface area contributed by atoms with Gasteiger partial charge in [-0.1, -0.05) is 0 Å². The van der Waals surface area contributed by atoms with Gasteiger partial charge in [0, 0.05) is 18.5 Å². The lowest BCUT2D eigenvalue weighted by Crippen LogP contribution is -2.13. The number of ether oxygens (including phenoxy) is 1. The molecule has 0 heterocycles. The Hall–Kier alpha value is -2.04. The van der Waals surface area contributed by atoms with Crippen LogP contribution >= 0.6 is 0 Å². The molecular weight excluding hydrogens is 258 g/mol. The number of benzene rings is 1. The molecule has 5 heteroatoms. The van der Waals surface area contributed by atoms with Gasteiger partial charge in [-0.25, -0.2) is 0 Å². The van der Waals surface area contributed by atoms with Crippen molar-refractivity contribution in [1.29, 1.82) is 0 Å². The summed E-state index contributed by atoms with van der Waals surface area (Å²) < 4.78 is 5.57. The zero-order valence-electron chi connectivity index (χ0n) is 12.1. The van der Waals surface area contributed by atoms with E-state index < -0.39 is 5.97 Å². The van der Waals surface area contributed by atoms with Crippen LogP contribution in [-0.2, 0) is 9.59 Å². The zero-order chi connectivity index (χ0) is 15.1. The number of carboxylic acids is 1. The van der Waals surface area contributed by atoms with Gasteiger partial charge in [-0.05, 0) is 51.0 Å². The first kappa shape index (κ1) is 16.0. The Kier molecular flexibility index (Phi) is 6.03. The monoisotopic (exact) mass is 279 g/mol. The second kappa shape index (κ2) is 7.53. The van der Waals surface area contributed by atoms with Crippen LogP contribution in [-0.4, -0.2) is 23.1 Å². The molecule has 0 unspecified atom stereocenters. The third-order valence-corrected chi connectivity index (χ3v) is 2.64. The molecule has 0 bridgehead atoms. The van der Waals surface area contributed by atoms with Crippen molar-refractivity contribution in [3.05, 3.63) is 23.8 Å². The van der Waals surface area contributed by atoms with E-state index in [0.717, 1.165) is 17.0 Å². The Morgan fingerprint density at radius 3 is 2.55 bits per heavy atom. The first-order valence-electron chi connectivity index (χ1n) is 6.67. The van der Waals surface area contributed by atoms with Crippen molar-refractivity contribution in [2.24, 2.45) is 0 Å². The summed E-state index contributed by atoms with van der Waals surface area (Å²) in [6.07, 6.45) is 0.657. The maximum atomic E-state index is 11.7. The van der Waals surface area contributed by atoms with Gasteiger partial charge in [-0.3, -0.25) is 9.59 Å². The Morgan fingerprint density at radius 2 is 2.00 bits per heavy atom. The van der Waals surface area contributed by atoms with Crippen molar-refractivity contribution in [3.63, 3.8) is 0 Å². The van der Waals surface area contributed by atoms with Crippen LogP contribution in [0.5, 0.6) is 5.75 Å². The molecule has 0 atom stereocenters. The number of carbonyl (C=O) groups is 2. The van der Waals surface area contributed by atoms with E-state index in [9.17, 15) is 9.59 Å². The highest BCUT2D eigenvalue weighted by molar-refractivity contribution is 5.91.